The van der Waals surface area contributed by atoms with Crippen LogP contribution in [0.4, 0.5) is 0 Å². The maximum Gasteiger partial charge on any atom is 0.225 e. The third-order valence-electron chi connectivity index (χ3n) is 6.22. The standard InChI is InChI=1S/C21H30N2O3/c1-14-5-4-6-19(15(14)2)23-13-17(11-20(23)24)21(25)22-12-16-7-9-18(26-3)10-8-16/h7-10,14-15,17,19H,4-6,11-13H2,1-3H3,(H,22,25)/t14-,15+,17+,19-/m0/s1. The van der Waals surface area contributed by atoms with E-state index in [0.717, 1.165) is 17.7 Å². The third kappa shape index (κ3) is 4.02. The molecule has 0 unspecified atom stereocenters. The molecule has 1 N–H and O–H groups in total. The van der Waals surface area contributed by atoms with Crippen molar-refractivity contribution in [3.63, 3.8) is 0 Å². The number of nitrogens with zero attached hydrogens (tertiary/aromatic N) is 1. The van der Waals surface area contributed by atoms with Crippen LogP contribution in [0.3, 0.4) is 0 Å². The van der Waals surface area contributed by atoms with Gasteiger partial charge in [0.1, 0.15) is 5.75 Å². The van der Waals surface area contributed by atoms with Gasteiger partial charge in [0.2, 0.25) is 11.8 Å². The Bertz CT molecular complexity index is 643. The third-order valence-corrected chi connectivity index (χ3v) is 6.22. The first-order chi connectivity index (χ1) is 12.5. The van der Waals surface area contributed by atoms with Crippen LogP contribution in [0.15, 0.2) is 24.3 Å². The first-order valence-corrected chi connectivity index (χ1v) is 9.69. The molecule has 5 heteroatoms. The lowest BCUT2D eigenvalue weighted by Gasteiger charge is -2.40. The van der Waals surface area contributed by atoms with Gasteiger partial charge >= 0.3 is 0 Å². The number of rotatable bonds is 5. The van der Waals surface area contributed by atoms with Crippen molar-refractivity contribution in [1.82, 2.24) is 10.2 Å². The summed E-state index contributed by atoms with van der Waals surface area (Å²) in [6.45, 7) is 5.56. The van der Waals surface area contributed by atoms with Crippen LogP contribution in [0.1, 0.15) is 45.1 Å². The number of carbonyl (C=O) groups excluding carboxylic acids is 2. The largest absolute Gasteiger partial charge is 0.497 e. The molecule has 1 heterocycles. The smallest absolute Gasteiger partial charge is 0.225 e. The second-order valence-corrected chi connectivity index (χ2v) is 7.85. The minimum atomic E-state index is -0.231. The molecule has 3 rings (SSSR count). The molecule has 0 spiro atoms. The van der Waals surface area contributed by atoms with Gasteiger partial charge in [0, 0.05) is 25.6 Å². The molecule has 26 heavy (non-hydrogen) atoms. The van der Waals surface area contributed by atoms with E-state index in [0.29, 0.717) is 37.4 Å². The van der Waals surface area contributed by atoms with Gasteiger partial charge in [0.25, 0.3) is 0 Å². The number of nitrogens with one attached hydrogen (secondary N) is 1. The molecule has 0 radical (unpaired) electrons. The number of hydrogen-bond donors (Lipinski definition) is 1. The Morgan fingerprint density at radius 2 is 1.96 bits per heavy atom. The van der Waals surface area contributed by atoms with Crippen molar-refractivity contribution in [2.45, 2.75) is 52.1 Å². The van der Waals surface area contributed by atoms with Crippen molar-refractivity contribution in [2.24, 2.45) is 17.8 Å². The fourth-order valence-corrected chi connectivity index (χ4v) is 4.30. The number of carbonyl (C=O) groups is 2. The fourth-order valence-electron chi connectivity index (χ4n) is 4.30. The lowest BCUT2D eigenvalue weighted by atomic mass is 9.77. The average molecular weight is 358 g/mol. The predicted molar refractivity (Wildman–Crippen MR) is 101 cm³/mol. The number of likely N-dealkylation sites (tertiary alicyclic amines) is 1. The Hall–Kier alpha value is -2.04. The highest BCUT2D eigenvalue weighted by molar-refractivity contribution is 5.89. The second kappa shape index (κ2) is 8.11. The molecule has 1 aromatic rings. The van der Waals surface area contributed by atoms with Crippen LogP contribution in [-0.4, -0.2) is 36.4 Å². The van der Waals surface area contributed by atoms with E-state index in [2.05, 4.69) is 19.2 Å². The first-order valence-electron chi connectivity index (χ1n) is 9.69. The summed E-state index contributed by atoms with van der Waals surface area (Å²) in [6.07, 6.45) is 3.82. The van der Waals surface area contributed by atoms with E-state index in [4.69, 9.17) is 4.74 Å². The van der Waals surface area contributed by atoms with Crippen LogP contribution < -0.4 is 10.1 Å². The Labute approximate surface area is 156 Å². The maximum absolute atomic E-state index is 12.5. The van der Waals surface area contributed by atoms with E-state index in [1.165, 1.54) is 12.8 Å². The fraction of sp³-hybridized carbons (Fsp3) is 0.619. The van der Waals surface area contributed by atoms with Gasteiger partial charge in [0.05, 0.1) is 13.0 Å². The monoisotopic (exact) mass is 358 g/mol. The van der Waals surface area contributed by atoms with Gasteiger partial charge in [-0.25, -0.2) is 0 Å². The van der Waals surface area contributed by atoms with Gasteiger partial charge < -0.3 is 15.0 Å². The number of ether oxygens (including phenoxy) is 1. The first kappa shape index (κ1) is 18.7. The molecule has 1 aliphatic heterocycles. The van der Waals surface area contributed by atoms with Crippen molar-refractivity contribution in [3.05, 3.63) is 29.8 Å². The van der Waals surface area contributed by atoms with Crippen LogP contribution in [0, 0.1) is 17.8 Å². The topological polar surface area (TPSA) is 58.6 Å². The maximum atomic E-state index is 12.5. The molecule has 0 aromatic heterocycles. The van der Waals surface area contributed by atoms with E-state index in [1.54, 1.807) is 7.11 Å². The zero-order valence-corrected chi connectivity index (χ0v) is 16.0. The van der Waals surface area contributed by atoms with Gasteiger partial charge in [0.15, 0.2) is 0 Å². The van der Waals surface area contributed by atoms with E-state index in [1.807, 2.05) is 29.2 Å². The Morgan fingerprint density at radius 3 is 2.65 bits per heavy atom. The highest BCUT2D eigenvalue weighted by atomic mass is 16.5. The minimum Gasteiger partial charge on any atom is -0.497 e. The van der Waals surface area contributed by atoms with Crippen molar-refractivity contribution >= 4 is 11.8 Å². The second-order valence-electron chi connectivity index (χ2n) is 7.85. The van der Waals surface area contributed by atoms with Crippen LogP contribution in [0.25, 0.3) is 0 Å². The molecule has 142 valence electrons. The summed E-state index contributed by atoms with van der Waals surface area (Å²) in [5.74, 6) is 1.84. The van der Waals surface area contributed by atoms with E-state index in [9.17, 15) is 9.59 Å². The molecule has 2 amide bonds. The summed E-state index contributed by atoms with van der Waals surface area (Å²) in [5.41, 5.74) is 1.02. The van der Waals surface area contributed by atoms with Gasteiger partial charge in [-0.05, 0) is 36.0 Å². The molecule has 1 aliphatic carbocycles. The lowest BCUT2D eigenvalue weighted by molar-refractivity contribution is -0.132. The Kier molecular flexibility index (Phi) is 5.84. The highest BCUT2D eigenvalue weighted by Gasteiger charge is 2.41. The number of benzene rings is 1. The van der Waals surface area contributed by atoms with E-state index in [-0.39, 0.29) is 17.7 Å². The van der Waals surface area contributed by atoms with Crippen molar-refractivity contribution in [2.75, 3.05) is 13.7 Å². The molecule has 2 aliphatic rings. The molecule has 2 fully saturated rings. The zero-order chi connectivity index (χ0) is 18.7. The summed E-state index contributed by atoms with van der Waals surface area (Å²) < 4.78 is 5.14. The SMILES string of the molecule is COc1ccc(CNC(=O)[C@@H]2CC(=O)N([C@H]3CCC[C@H](C)[C@H]3C)C2)cc1. The van der Waals surface area contributed by atoms with E-state index >= 15 is 0 Å². The Balaban J connectivity index is 1.54. The van der Waals surface area contributed by atoms with Gasteiger partial charge in [-0.3, -0.25) is 9.59 Å². The number of hydrogen-bond acceptors (Lipinski definition) is 3. The summed E-state index contributed by atoms with van der Waals surface area (Å²) in [4.78, 5) is 27.0. The normalized spacial score (nSPS) is 28.9. The summed E-state index contributed by atoms with van der Waals surface area (Å²) >= 11 is 0. The summed E-state index contributed by atoms with van der Waals surface area (Å²) in [6, 6.07) is 7.94. The summed E-state index contributed by atoms with van der Waals surface area (Å²) in [5, 5.41) is 2.98. The Morgan fingerprint density at radius 1 is 1.23 bits per heavy atom. The van der Waals surface area contributed by atoms with E-state index < -0.39 is 0 Å². The van der Waals surface area contributed by atoms with Gasteiger partial charge in [-0.1, -0.05) is 38.8 Å². The molecule has 1 saturated carbocycles. The molecule has 5 nitrogen and oxygen atoms in total. The predicted octanol–water partition coefficient (Wildman–Crippen LogP) is 2.98. The minimum absolute atomic E-state index is 0.0202. The number of methoxy groups -OCH3 is 1. The van der Waals surface area contributed by atoms with Gasteiger partial charge in [-0.15, -0.1) is 0 Å². The summed E-state index contributed by atoms with van der Waals surface area (Å²) in [7, 11) is 1.63. The molecule has 1 saturated heterocycles. The zero-order valence-electron chi connectivity index (χ0n) is 16.0. The van der Waals surface area contributed by atoms with Gasteiger partial charge in [-0.2, -0.15) is 0 Å². The van der Waals surface area contributed by atoms with Crippen molar-refractivity contribution in [3.8, 4) is 5.75 Å². The quantitative estimate of drug-likeness (QED) is 0.880. The number of amides is 2. The molecular formula is C21H30N2O3. The van der Waals surface area contributed by atoms with Crippen LogP contribution in [0.2, 0.25) is 0 Å². The molecule has 0 bridgehead atoms. The van der Waals surface area contributed by atoms with Crippen molar-refractivity contribution in [1.29, 1.82) is 0 Å². The van der Waals surface area contributed by atoms with Crippen LogP contribution in [0.5, 0.6) is 5.75 Å². The molecular weight excluding hydrogens is 328 g/mol. The highest BCUT2D eigenvalue weighted by Crippen LogP contribution is 2.35. The average Bonchev–Trinajstić information content (AvgIpc) is 3.04. The molecule has 4 atom stereocenters. The lowest BCUT2D eigenvalue weighted by Crippen LogP contribution is -2.45. The van der Waals surface area contributed by atoms with Crippen LogP contribution >= 0.6 is 0 Å². The van der Waals surface area contributed by atoms with Crippen LogP contribution in [-0.2, 0) is 16.1 Å². The van der Waals surface area contributed by atoms with Crippen molar-refractivity contribution < 1.29 is 14.3 Å². The molecule has 1 aromatic carbocycles.